The molecule has 2 nitrogen and oxygen atoms in total. The minimum atomic E-state index is -4.51. The summed E-state index contributed by atoms with van der Waals surface area (Å²) in [4.78, 5) is 15.8. The molecule has 0 unspecified atom stereocenters. The minimum absolute atomic E-state index is 0.196. The van der Waals surface area contributed by atoms with E-state index in [2.05, 4.69) is 4.98 Å². The molecule has 94 valence electrons. The van der Waals surface area contributed by atoms with E-state index in [4.69, 9.17) is 0 Å². The first-order valence-corrected chi connectivity index (χ1v) is 5.94. The molecule has 6 heteroatoms. The molecule has 0 aliphatic carbocycles. The van der Waals surface area contributed by atoms with Crippen LogP contribution in [0, 0.1) is 6.92 Å². The largest absolute Gasteiger partial charge is 0.417 e. The van der Waals surface area contributed by atoms with Gasteiger partial charge in [-0.15, -0.1) is 0 Å². The molecule has 0 aliphatic rings. The summed E-state index contributed by atoms with van der Waals surface area (Å²) in [5, 5.41) is 2.16. The van der Waals surface area contributed by atoms with Crippen molar-refractivity contribution in [3.8, 4) is 0 Å². The second kappa shape index (κ2) is 4.53. The summed E-state index contributed by atoms with van der Waals surface area (Å²) in [5.74, 6) is -0.644. The van der Waals surface area contributed by atoms with E-state index in [-0.39, 0.29) is 11.1 Å². The van der Waals surface area contributed by atoms with E-state index in [0.717, 1.165) is 16.7 Å². The highest BCUT2D eigenvalue weighted by molar-refractivity contribution is 7.08. The number of alkyl halides is 3. The minimum Gasteiger partial charge on any atom is -0.288 e. The van der Waals surface area contributed by atoms with Gasteiger partial charge in [0.05, 0.1) is 5.56 Å². The number of hydrogen-bond acceptors (Lipinski definition) is 3. The Balaban J connectivity index is 2.48. The molecular formula is C12H8F3NOS. The van der Waals surface area contributed by atoms with Crippen molar-refractivity contribution in [1.29, 1.82) is 0 Å². The summed E-state index contributed by atoms with van der Waals surface area (Å²) in [5.41, 5.74) is -0.403. The molecule has 0 spiro atoms. The molecule has 0 bridgehead atoms. The first-order chi connectivity index (χ1) is 8.41. The molecule has 0 fully saturated rings. The first-order valence-electron chi connectivity index (χ1n) is 5.00. The van der Waals surface area contributed by atoms with Crippen molar-refractivity contribution >= 4 is 17.1 Å². The van der Waals surface area contributed by atoms with Gasteiger partial charge in [-0.05, 0) is 18.6 Å². The van der Waals surface area contributed by atoms with Gasteiger partial charge in [-0.1, -0.05) is 0 Å². The molecule has 0 radical (unpaired) electrons. The third kappa shape index (κ3) is 2.28. The summed E-state index contributed by atoms with van der Waals surface area (Å²) in [6, 6.07) is 1.59. The van der Waals surface area contributed by atoms with Crippen LogP contribution in [0.1, 0.15) is 27.0 Å². The van der Waals surface area contributed by atoms with Gasteiger partial charge in [0.2, 0.25) is 0 Å². The number of aryl methyl sites for hydroxylation is 1. The molecular weight excluding hydrogens is 263 g/mol. The fourth-order valence-corrected chi connectivity index (χ4v) is 2.37. The number of carbonyl (C=O) groups is 1. The van der Waals surface area contributed by atoms with Crippen molar-refractivity contribution in [3.63, 3.8) is 0 Å². The average molecular weight is 271 g/mol. The lowest BCUT2D eigenvalue weighted by Gasteiger charge is -2.08. The summed E-state index contributed by atoms with van der Waals surface area (Å²) in [6.07, 6.45) is -1.74. The summed E-state index contributed by atoms with van der Waals surface area (Å²) in [7, 11) is 0. The summed E-state index contributed by atoms with van der Waals surface area (Å²) in [6.45, 7) is 1.66. The summed E-state index contributed by atoms with van der Waals surface area (Å²) < 4.78 is 38.1. The van der Waals surface area contributed by atoms with Gasteiger partial charge in [-0.3, -0.25) is 9.78 Å². The number of aromatic nitrogens is 1. The lowest BCUT2D eigenvalue weighted by atomic mass is 10.0. The topological polar surface area (TPSA) is 30.0 Å². The first kappa shape index (κ1) is 12.8. The number of pyridine rings is 1. The van der Waals surface area contributed by atoms with E-state index < -0.39 is 17.5 Å². The molecule has 0 N–H and O–H groups in total. The normalized spacial score (nSPS) is 11.6. The molecule has 2 aromatic heterocycles. The van der Waals surface area contributed by atoms with Gasteiger partial charge in [0, 0.05) is 34.3 Å². The van der Waals surface area contributed by atoms with Crippen LogP contribution >= 0.6 is 11.3 Å². The third-order valence-electron chi connectivity index (χ3n) is 2.50. The fourth-order valence-electron chi connectivity index (χ4n) is 1.54. The zero-order valence-electron chi connectivity index (χ0n) is 9.28. The van der Waals surface area contributed by atoms with Crippen LogP contribution in [0.15, 0.2) is 29.2 Å². The molecule has 2 aromatic rings. The Hall–Kier alpha value is -1.69. The van der Waals surface area contributed by atoms with Crippen LogP contribution in [-0.2, 0) is 6.18 Å². The maximum atomic E-state index is 12.7. The van der Waals surface area contributed by atoms with Crippen LogP contribution in [0.3, 0.4) is 0 Å². The third-order valence-corrected chi connectivity index (χ3v) is 3.24. The maximum absolute atomic E-state index is 12.7. The standard InChI is InChI=1S/C12H8F3NOS/c1-7-2-3-16-4-8(7)11(17)9-5-18-6-10(9)12(13,14)15/h2-6H,1H3. The Morgan fingerprint density at radius 1 is 1.28 bits per heavy atom. The van der Waals surface area contributed by atoms with Crippen molar-refractivity contribution in [2.24, 2.45) is 0 Å². The number of carbonyl (C=O) groups excluding carboxylic acids is 1. The molecule has 2 rings (SSSR count). The molecule has 0 atom stereocenters. The average Bonchev–Trinajstić information content (AvgIpc) is 2.77. The number of rotatable bonds is 2. The molecule has 0 aromatic carbocycles. The Kier molecular flexibility index (Phi) is 3.21. The molecule has 0 saturated heterocycles. The van der Waals surface area contributed by atoms with E-state index in [1.54, 1.807) is 13.0 Å². The van der Waals surface area contributed by atoms with Crippen molar-refractivity contribution in [2.45, 2.75) is 13.1 Å². The van der Waals surface area contributed by atoms with Crippen molar-refractivity contribution < 1.29 is 18.0 Å². The van der Waals surface area contributed by atoms with Gasteiger partial charge in [-0.2, -0.15) is 24.5 Å². The number of nitrogens with zero attached hydrogens (tertiary/aromatic N) is 1. The van der Waals surface area contributed by atoms with Gasteiger partial charge in [-0.25, -0.2) is 0 Å². The second-order valence-electron chi connectivity index (χ2n) is 3.72. The van der Waals surface area contributed by atoms with Crippen LogP contribution in [0.5, 0.6) is 0 Å². The van der Waals surface area contributed by atoms with E-state index in [9.17, 15) is 18.0 Å². The predicted molar refractivity (Wildman–Crippen MR) is 61.7 cm³/mol. The van der Waals surface area contributed by atoms with Gasteiger partial charge < -0.3 is 0 Å². The lowest BCUT2D eigenvalue weighted by molar-refractivity contribution is -0.137. The van der Waals surface area contributed by atoms with Gasteiger partial charge in [0.1, 0.15) is 0 Å². The highest BCUT2D eigenvalue weighted by Gasteiger charge is 2.36. The number of hydrogen-bond donors (Lipinski definition) is 0. The van der Waals surface area contributed by atoms with E-state index >= 15 is 0 Å². The molecule has 2 heterocycles. The van der Waals surface area contributed by atoms with Gasteiger partial charge in [0.15, 0.2) is 5.78 Å². The number of thiophene rings is 1. The Morgan fingerprint density at radius 2 is 2.00 bits per heavy atom. The van der Waals surface area contributed by atoms with Crippen molar-refractivity contribution in [3.05, 3.63) is 51.5 Å². The Labute approximate surface area is 105 Å². The second-order valence-corrected chi connectivity index (χ2v) is 4.46. The number of halogens is 3. The van der Waals surface area contributed by atoms with E-state index in [1.807, 2.05) is 0 Å². The predicted octanol–water partition coefficient (Wildman–Crippen LogP) is 3.70. The highest BCUT2D eigenvalue weighted by atomic mass is 32.1. The summed E-state index contributed by atoms with van der Waals surface area (Å²) >= 11 is 0.861. The van der Waals surface area contributed by atoms with Crippen LogP contribution in [0.2, 0.25) is 0 Å². The monoisotopic (exact) mass is 271 g/mol. The van der Waals surface area contributed by atoms with Crippen LogP contribution in [0.25, 0.3) is 0 Å². The van der Waals surface area contributed by atoms with Crippen LogP contribution in [0.4, 0.5) is 13.2 Å². The van der Waals surface area contributed by atoms with Crippen LogP contribution in [-0.4, -0.2) is 10.8 Å². The lowest BCUT2D eigenvalue weighted by Crippen LogP contribution is -2.12. The zero-order valence-corrected chi connectivity index (χ0v) is 10.1. The Morgan fingerprint density at radius 3 is 2.61 bits per heavy atom. The maximum Gasteiger partial charge on any atom is 0.417 e. The van der Waals surface area contributed by atoms with Crippen molar-refractivity contribution in [2.75, 3.05) is 0 Å². The van der Waals surface area contributed by atoms with Crippen LogP contribution < -0.4 is 0 Å². The SMILES string of the molecule is Cc1ccncc1C(=O)c1cscc1C(F)(F)F. The quantitative estimate of drug-likeness (QED) is 0.779. The highest BCUT2D eigenvalue weighted by Crippen LogP contribution is 2.35. The fraction of sp³-hybridized carbons (Fsp3) is 0.167. The van der Waals surface area contributed by atoms with E-state index in [1.165, 1.54) is 17.8 Å². The smallest absolute Gasteiger partial charge is 0.288 e. The molecule has 18 heavy (non-hydrogen) atoms. The Bertz CT molecular complexity index is 589. The van der Waals surface area contributed by atoms with Gasteiger partial charge >= 0.3 is 6.18 Å². The zero-order chi connectivity index (χ0) is 13.3. The van der Waals surface area contributed by atoms with Gasteiger partial charge in [0.25, 0.3) is 0 Å². The van der Waals surface area contributed by atoms with E-state index in [0.29, 0.717) is 5.56 Å². The molecule has 0 saturated carbocycles. The van der Waals surface area contributed by atoms with Crippen molar-refractivity contribution in [1.82, 2.24) is 4.98 Å². The number of ketones is 1. The molecule has 0 aliphatic heterocycles. The molecule has 0 amide bonds.